The number of hydrogen-bond acceptors (Lipinski definition) is 4. The molecule has 0 spiro atoms. The third-order valence-corrected chi connectivity index (χ3v) is 9.91. The highest BCUT2D eigenvalue weighted by Crippen LogP contribution is 2.35. The van der Waals surface area contributed by atoms with Crippen LogP contribution in [-0.4, -0.2) is 69.9 Å². The fourth-order valence-electron chi connectivity index (χ4n) is 7.47. The lowest BCUT2D eigenvalue weighted by atomic mass is 9.83. The average molecular weight is 607 g/mol. The Labute approximate surface area is 261 Å². The van der Waals surface area contributed by atoms with Crippen molar-refractivity contribution in [2.24, 2.45) is 5.92 Å². The molecular formula is C36H48F2N4O2. The number of aryl methyl sites for hydroxylation is 1. The molecular weight excluding hydrogens is 558 g/mol. The Balaban J connectivity index is 0.000000175. The van der Waals surface area contributed by atoms with Crippen molar-refractivity contribution in [3.63, 3.8) is 0 Å². The topological polar surface area (TPSA) is 61.6 Å². The minimum atomic E-state index is -0.688. The predicted octanol–water partition coefficient (Wildman–Crippen LogP) is 7.09. The molecule has 3 heterocycles. The third kappa shape index (κ3) is 8.13. The highest BCUT2D eigenvalue weighted by Gasteiger charge is 2.38. The number of benzene rings is 2. The molecule has 2 saturated heterocycles. The first-order valence-electron chi connectivity index (χ1n) is 16.5. The number of carboxylic acid groups (broad SMARTS) is 1. The van der Waals surface area contributed by atoms with Crippen molar-refractivity contribution in [2.75, 3.05) is 33.2 Å². The van der Waals surface area contributed by atoms with E-state index in [2.05, 4.69) is 34.5 Å². The summed E-state index contributed by atoms with van der Waals surface area (Å²) in [6, 6.07) is 15.5. The number of rotatable bonds is 8. The zero-order chi connectivity index (χ0) is 31.1. The van der Waals surface area contributed by atoms with Gasteiger partial charge in [0.25, 0.3) is 0 Å². The minimum Gasteiger partial charge on any atom is -0.480 e. The van der Waals surface area contributed by atoms with Gasteiger partial charge in [0, 0.05) is 31.1 Å². The van der Waals surface area contributed by atoms with E-state index in [1.165, 1.54) is 37.1 Å². The molecule has 1 aromatic heterocycles. The van der Waals surface area contributed by atoms with Crippen LogP contribution >= 0.6 is 0 Å². The van der Waals surface area contributed by atoms with Crippen LogP contribution in [0.15, 0.2) is 54.6 Å². The Kier molecular flexibility index (Phi) is 11.2. The number of hydrogen-bond donors (Lipinski definition) is 1. The molecule has 2 unspecified atom stereocenters. The van der Waals surface area contributed by atoms with Crippen LogP contribution in [-0.2, 0) is 17.8 Å². The maximum Gasteiger partial charge on any atom is 0.321 e. The van der Waals surface area contributed by atoms with Gasteiger partial charge in [-0.25, -0.2) is 8.78 Å². The zero-order valence-corrected chi connectivity index (χ0v) is 26.3. The molecule has 6 nitrogen and oxygen atoms in total. The number of nitrogens with zero attached hydrogens (tertiary/aromatic N) is 4. The Morgan fingerprint density at radius 2 is 1.66 bits per heavy atom. The third-order valence-electron chi connectivity index (χ3n) is 9.91. The highest BCUT2D eigenvalue weighted by molar-refractivity contribution is 5.74. The summed E-state index contributed by atoms with van der Waals surface area (Å²) in [6.07, 6.45) is 9.43. The quantitative estimate of drug-likeness (QED) is 0.297. The molecule has 3 fully saturated rings. The summed E-state index contributed by atoms with van der Waals surface area (Å²) in [5.74, 6) is 0.0656. The van der Waals surface area contributed by atoms with Crippen LogP contribution in [0.5, 0.6) is 0 Å². The molecule has 1 aliphatic carbocycles. The fourth-order valence-corrected chi connectivity index (χ4v) is 7.47. The predicted molar refractivity (Wildman–Crippen MR) is 170 cm³/mol. The van der Waals surface area contributed by atoms with E-state index in [1.807, 2.05) is 18.2 Å². The van der Waals surface area contributed by atoms with Gasteiger partial charge in [-0.2, -0.15) is 5.10 Å². The number of aliphatic carboxylic acids is 1. The molecule has 2 aromatic carbocycles. The SMILES string of the molecule is CCn1nc(Cc2ccccc2F)cc1C1CCN(C)CC1.O=C(O)C(C1CCCCC1)N1CCC(c2cccc(F)c2)C1. The van der Waals surface area contributed by atoms with E-state index in [0.717, 1.165) is 81.6 Å². The van der Waals surface area contributed by atoms with Crippen molar-refractivity contribution in [2.45, 2.75) is 89.1 Å². The van der Waals surface area contributed by atoms with E-state index in [9.17, 15) is 18.7 Å². The van der Waals surface area contributed by atoms with Crippen molar-refractivity contribution in [3.8, 4) is 0 Å². The van der Waals surface area contributed by atoms with E-state index < -0.39 is 5.97 Å². The average Bonchev–Trinajstić information content (AvgIpc) is 3.67. The molecule has 3 aromatic rings. The van der Waals surface area contributed by atoms with Crippen LogP contribution in [0.4, 0.5) is 8.78 Å². The molecule has 3 aliphatic rings. The standard InChI is InChI=1S/C18H24FN3.C18H24FNO2/c1-3-22-18(14-8-10-21(2)11-9-14)13-16(20-22)12-15-6-4-5-7-17(15)19;19-16-8-4-7-14(11-16)15-9-10-20(12-15)17(18(21)22)13-5-2-1-3-6-13/h4-7,13-14H,3,8-12H2,1-2H3;4,7-8,11,13,15,17H,1-3,5-6,9-10,12H2,(H,21,22). The minimum absolute atomic E-state index is 0.144. The van der Waals surface area contributed by atoms with Crippen molar-refractivity contribution in [3.05, 3.63) is 88.7 Å². The number of likely N-dealkylation sites (tertiary alicyclic amines) is 2. The summed E-state index contributed by atoms with van der Waals surface area (Å²) < 4.78 is 29.3. The molecule has 8 heteroatoms. The van der Waals surface area contributed by atoms with Gasteiger partial charge in [0.15, 0.2) is 0 Å². The normalized spacial score (nSPS) is 21.1. The number of piperidine rings is 1. The maximum atomic E-state index is 13.8. The van der Waals surface area contributed by atoms with Crippen LogP contribution in [0.1, 0.15) is 92.6 Å². The molecule has 238 valence electrons. The lowest BCUT2D eigenvalue weighted by Gasteiger charge is -2.33. The Morgan fingerprint density at radius 3 is 2.34 bits per heavy atom. The second-order valence-corrected chi connectivity index (χ2v) is 12.9. The summed E-state index contributed by atoms with van der Waals surface area (Å²) in [6.45, 7) is 6.81. The Morgan fingerprint density at radius 1 is 0.932 bits per heavy atom. The monoisotopic (exact) mass is 606 g/mol. The van der Waals surface area contributed by atoms with E-state index in [1.54, 1.807) is 18.2 Å². The van der Waals surface area contributed by atoms with E-state index in [0.29, 0.717) is 12.3 Å². The van der Waals surface area contributed by atoms with Crippen LogP contribution in [0.3, 0.4) is 0 Å². The lowest BCUT2D eigenvalue weighted by molar-refractivity contribution is -0.145. The molecule has 1 saturated carbocycles. The summed E-state index contributed by atoms with van der Waals surface area (Å²) in [5.41, 5.74) is 4.01. The van der Waals surface area contributed by atoms with Crippen molar-refractivity contribution in [1.82, 2.24) is 19.6 Å². The molecule has 2 atom stereocenters. The second kappa shape index (κ2) is 15.3. The van der Waals surface area contributed by atoms with Crippen LogP contribution in [0, 0.1) is 17.6 Å². The van der Waals surface area contributed by atoms with Gasteiger partial charge >= 0.3 is 5.97 Å². The summed E-state index contributed by atoms with van der Waals surface area (Å²) in [4.78, 5) is 16.3. The van der Waals surface area contributed by atoms with Gasteiger partial charge < -0.3 is 10.0 Å². The maximum absolute atomic E-state index is 13.8. The summed E-state index contributed by atoms with van der Waals surface area (Å²) in [7, 11) is 2.18. The van der Waals surface area contributed by atoms with Gasteiger partial charge in [-0.05, 0) is 113 Å². The van der Waals surface area contributed by atoms with Gasteiger partial charge in [0.1, 0.15) is 17.7 Å². The van der Waals surface area contributed by atoms with Crippen molar-refractivity contribution in [1.29, 1.82) is 0 Å². The first-order valence-corrected chi connectivity index (χ1v) is 16.5. The lowest BCUT2D eigenvalue weighted by Crippen LogP contribution is -2.45. The fraction of sp³-hybridized carbons (Fsp3) is 0.556. The van der Waals surface area contributed by atoms with E-state index in [-0.39, 0.29) is 29.5 Å². The molecule has 1 N–H and O–H groups in total. The van der Waals surface area contributed by atoms with Crippen LogP contribution < -0.4 is 0 Å². The van der Waals surface area contributed by atoms with Gasteiger partial charge in [0.05, 0.1) is 5.69 Å². The van der Waals surface area contributed by atoms with Gasteiger partial charge in [-0.15, -0.1) is 0 Å². The van der Waals surface area contributed by atoms with Crippen LogP contribution in [0.2, 0.25) is 0 Å². The largest absolute Gasteiger partial charge is 0.480 e. The Hall–Kier alpha value is -3.10. The molecule has 0 amide bonds. The van der Waals surface area contributed by atoms with Gasteiger partial charge in [-0.3, -0.25) is 14.4 Å². The second-order valence-electron chi connectivity index (χ2n) is 12.9. The number of carbonyl (C=O) groups is 1. The Bertz CT molecular complexity index is 1360. The molecule has 0 bridgehead atoms. The van der Waals surface area contributed by atoms with Crippen molar-refractivity contribution < 1.29 is 18.7 Å². The molecule has 44 heavy (non-hydrogen) atoms. The molecule has 6 rings (SSSR count). The smallest absolute Gasteiger partial charge is 0.321 e. The molecule has 0 radical (unpaired) electrons. The summed E-state index contributed by atoms with van der Waals surface area (Å²) >= 11 is 0. The number of aromatic nitrogens is 2. The van der Waals surface area contributed by atoms with E-state index >= 15 is 0 Å². The molecule has 2 aliphatic heterocycles. The summed E-state index contributed by atoms with van der Waals surface area (Å²) in [5, 5.41) is 14.4. The zero-order valence-electron chi connectivity index (χ0n) is 26.3. The van der Waals surface area contributed by atoms with Gasteiger partial charge in [0.2, 0.25) is 0 Å². The first-order chi connectivity index (χ1) is 21.3. The highest BCUT2D eigenvalue weighted by atomic mass is 19.1. The van der Waals surface area contributed by atoms with Crippen LogP contribution in [0.25, 0.3) is 0 Å². The van der Waals surface area contributed by atoms with E-state index in [4.69, 9.17) is 5.10 Å². The van der Waals surface area contributed by atoms with Gasteiger partial charge in [-0.1, -0.05) is 49.6 Å². The number of carboxylic acids is 1. The number of halogens is 2. The van der Waals surface area contributed by atoms with Crippen molar-refractivity contribution >= 4 is 5.97 Å². The first kappa shape index (κ1) is 32.3.